The number of ketones is 1. The number of anilines is 1. The van der Waals surface area contributed by atoms with Crippen molar-refractivity contribution < 1.29 is 4.79 Å². The van der Waals surface area contributed by atoms with E-state index in [0.29, 0.717) is 5.92 Å². The highest BCUT2D eigenvalue weighted by atomic mass is 32.2. The van der Waals surface area contributed by atoms with E-state index in [-0.39, 0.29) is 5.78 Å². The summed E-state index contributed by atoms with van der Waals surface area (Å²) in [6, 6.07) is 7.97. The first-order chi connectivity index (χ1) is 8.75. The van der Waals surface area contributed by atoms with Crippen LogP contribution in [0.2, 0.25) is 0 Å². The first kappa shape index (κ1) is 11.8. The minimum atomic E-state index is 0.157. The molecule has 0 bridgehead atoms. The van der Waals surface area contributed by atoms with Crippen LogP contribution in [0.3, 0.4) is 0 Å². The van der Waals surface area contributed by atoms with E-state index in [1.54, 1.807) is 6.92 Å². The van der Waals surface area contributed by atoms with Gasteiger partial charge in [-0.2, -0.15) is 0 Å². The fourth-order valence-electron chi connectivity index (χ4n) is 2.83. The van der Waals surface area contributed by atoms with Crippen molar-refractivity contribution in [3.8, 4) is 0 Å². The van der Waals surface area contributed by atoms with Gasteiger partial charge < -0.3 is 4.90 Å². The zero-order chi connectivity index (χ0) is 12.5. The summed E-state index contributed by atoms with van der Waals surface area (Å²) in [5, 5.41) is 2.99. The summed E-state index contributed by atoms with van der Waals surface area (Å²) in [5.41, 5.74) is 1.96. The average molecular weight is 259 g/mol. The number of fused-ring (bicyclic) bond motifs is 1. The van der Waals surface area contributed by atoms with Crippen molar-refractivity contribution in [1.82, 2.24) is 0 Å². The van der Waals surface area contributed by atoms with Gasteiger partial charge in [0.2, 0.25) is 0 Å². The van der Waals surface area contributed by atoms with Gasteiger partial charge in [0.05, 0.1) is 0 Å². The maximum absolute atomic E-state index is 11.7. The number of nitrogens with zero attached hydrogens (tertiary/aromatic N) is 1. The molecule has 0 N–H and O–H groups in total. The Morgan fingerprint density at radius 3 is 3.06 bits per heavy atom. The van der Waals surface area contributed by atoms with E-state index < -0.39 is 0 Å². The predicted octanol–water partition coefficient (Wildman–Crippen LogP) is 3.34. The number of rotatable bonds is 2. The van der Waals surface area contributed by atoms with Gasteiger partial charge in [-0.15, -0.1) is 11.8 Å². The van der Waals surface area contributed by atoms with Crippen molar-refractivity contribution in [1.29, 1.82) is 0 Å². The Kier molecular flexibility index (Phi) is 3.16. The van der Waals surface area contributed by atoms with Crippen molar-refractivity contribution in [2.45, 2.75) is 18.6 Å². The van der Waals surface area contributed by atoms with Crippen LogP contribution < -0.4 is 4.90 Å². The van der Waals surface area contributed by atoms with E-state index in [4.69, 9.17) is 0 Å². The van der Waals surface area contributed by atoms with Crippen molar-refractivity contribution in [2.24, 2.45) is 5.92 Å². The number of piperidine rings is 1. The Labute approximate surface area is 112 Å². The fourth-order valence-corrected chi connectivity index (χ4v) is 3.94. The predicted molar refractivity (Wildman–Crippen MR) is 77.3 cm³/mol. The number of hydrogen-bond donors (Lipinski definition) is 0. The van der Waals surface area contributed by atoms with Gasteiger partial charge in [0, 0.05) is 35.5 Å². The maximum Gasteiger partial charge on any atom is 0.161 e. The molecule has 1 saturated heterocycles. The van der Waals surface area contributed by atoms with Gasteiger partial charge in [-0.05, 0) is 30.9 Å². The zero-order valence-corrected chi connectivity index (χ0v) is 11.3. The molecule has 94 valence electrons. The molecule has 1 aromatic carbocycles. The van der Waals surface area contributed by atoms with Crippen molar-refractivity contribution in [3.05, 3.63) is 41.3 Å². The molecule has 18 heavy (non-hydrogen) atoms. The highest BCUT2D eigenvalue weighted by Gasteiger charge is 2.31. The molecule has 2 aliphatic heterocycles. The van der Waals surface area contributed by atoms with Crippen LogP contribution in [0, 0.1) is 5.92 Å². The maximum atomic E-state index is 11.7. The van der Waals surface area contributed by atoms with Gasteiger partial charge in [-0.25, -0.2) is 0 Å². The van der Waals surface area contributed by atoms with E-state index in [2.05, 4.69) is 22.5 Å². The molecule has 1 aromatic rings. The lowest BCUT2D eigenvalue weighted by molar-refractivity contribution is 0.101. The molecule has 2 heterocycles. The lowest BCUT2D eigenvalue weighted by atomic mass is 9.96. The largest absolute Gasteiger partial charge is 0.370 e. The molecular formula is C15H17NOS. The molecule has 0 radical (unpaired) electrons. The second-order valence-electron chi connectivity index (χ2n) is 4.97. The van der Waals surface area contributed by atoms with Crippen molar-refractivity contribution in [3.63, 3.8) is 0 Å². The van der Waals surface area contributed by atoms with Gasteiger partial charge in [0.15, 0.2) is 5.78 Å². The lowest BCUT2D eigenvalue weighted by Gasteiger charge is -2.36. The Balaban J connectivity index is 1.87. The minimum absolute atomic E-state index is 0.157. The van der Waals surface area contributed by atoms with Gasteiger partial charge >= 0.3 is 0 Å². The number of thioether (sulfide) groups is 1. The Hall–Kier alpha value is -1.22. The smallest absolute Gasteiger partial charge is 0.161 e. The molecule has 0 amide bonds. The molecule has 1 fully saturated rings. The summed E-state index contributed by atoms with van der Waals surface area (Å²) in [6.45, 7) is 3.75. The fraction of sp³-hybridized carbons (Fsp3) is 0.400. The second-order valence-corrected chi connectivity index (χ2v) is 6.12. The molecular weight excluding hydrogens is 242 g/mol. The molecule has 0 aliphatic carbocycles. The van der Waals surface area contributed by atoms with Crippen LogP contribution in [0.5, 0.6) is 0 Å². The van der Waals surface area contributed by atoms with Crippen LogP contribution in [-0.4, -0.2) is 24.1 Å². The first-order valence-electron chi connectivity index (χ1n) is 6.43. The van der Waals surface area contributed by atoms with Gasteiger partial charge in [-0.1, -0.05) is 18.2 Å². The monoisotopic (exact) mass is 259 g/mol. The van der Waals surface area contributed by atoms with E-state index in [1.807, 2.05) is 30.0 Å². The van der Waals surface area contributed by atoms with Crippen LogP contribution in [0.4, 0.5) is 5.69 Å². The molecule has 2 nitrogen and oxygen atoms in total. The summed E-state index contributed by atoms with van der Waals surface area (Å²) < 4.78 is 0. The van der Waals surface area contributed by atoms with Crippen LogP contribution >= 0.6 is 11.8 Å². The summed E-state index contributed by atoms with van der Waals surface area (Å²) in [7, 11) is 0. The lowest BCUT2D eigenvalue weighted by Crippen LogP contribution is -2.40. The number of benzene rings is 1. The van der Waals surface area contributed by atoms with Gasteiger partial charge in [0.25, 0.3) is 0 Å². The average Bonchev–Trinajstić information content (AvgIpc) is 2.85. The topological polar surface area (TPSA) is 20.3 Å². The molecule has 3 rings (SSSR count). The quantitative estimate of drug-likeness (QED) is 0.760. The summed E-state index contributed by atoms with van der Waals surface area (Å²) >= 11 is 1.96. The van der Waals surface area contributed by atoms with Crippen molar-refractivity contribution >= 4 is 23.2 Å². The molecule has 3 heteroatoms. The van der Waals surface area contributed by atoms with Gasteiger partial charge in [0.1, 0.15) is 0 Å². The third kappa shape index (κ3) is 2.07. The third-order valence-electron chi connectivity index (χ3n) is 3.80. The normalized spacial score (nSPS) is 26.2. The highest BCUT2D eigenvalue weighted by molar-refractivity contribution is 8.03. The van der Waals surface area contributed by atoms with Crippen LogP contribution in [0.15, 0.2) is 35.7 Å². The second kappa shape index (κ2) is 4.81. The molecule has 0 aromatic heterocycles. The minimum Gasteiger partial charge on any atom is -0.370 e. The first-order valence-corrected chi connectivity index (χ1v) is 7.37. The zero-order valence-electron chi connectivity index (χ0n) is 10.5. The molecule has 0 spiro atoms. The van der Waals surface area contributed by atoms with Crippen LogP contribution in [-0.2, 0) is 0 Å². The molecule has 2 atom stereocenters. The van der Waals surface area contributed by atoms with Crippen LogP contribution in [0.1, 0.15) is 23.7 Å². The highest BCUT2D eigenvalue weighted by Crippen LogP contribution is 2.37. The number of carbonyl (C=O) groups excluding carboxylic acids is 1. The number of para-hydroxylation sites is 1. The number of carbonyl (C=O) groups is 1. The SMILES string of the molecule is CC(=O)c1ccccc1N1CCC2SC=CC2C1. The van der Waals surface area contributed by atoms with E-state index in [1.165, 1.54) is 6.42 Å². The standard InChI is InChI=1S/C15H17NOS/c1-11(17)13-4-2-3-5-14(13)16-8-6-15-12(10-16)7-9-18-15/h2-5,7,9,12,15H,6,8,10H2,1H3. The van der Waals surface area contributed by atoms with Crippen LogP contribution in [0.25, 0.3) is 0 Å². The Morgan fingerprint density at radius 2 is 2.22 bits per heavy atom. The Morgan fingerprint density at radius 1 is 1.39 bits per heavy atom. The number of hydrogen-bond acceptors (Lipinski definition) is 3. The van der Waals surface area contributed by atoms with E-state index in [0.717, 1.165) is 29.6 Å². The Bertz CT molecular complexity index is 497. The third-order valence-corrected chi connectivity index (χ3v) is 5.04. The van der Waals surface area contributed by atoms with Crippen molar-refractivity contribution in [2.75, 3.05) is 18.0 Å². The van der Waals surface area contributed by atoms with Gasteiger partial charge in [-0.3, -0.25) is 4.79 Å². The van der Waals surface area contributed by atoms with E-state index >= 15 is 0 Å². The summed E-state index contributed by atoms with van der Waals surface area (Å²) in [5.74, 6) is 0.799. The van der Waals surface area contributed by atoms with E-state index in [9.17, 15) is 4.79 Å². The molecule has 2 unspecified atom stereocenters. The summed E-state index contributed by atoms with van der Waals surface area (Å²) in [4.78, 5) is 14.1. The summed E-state index contributed by atoms with van der Waals surface area (Å²) in [6.07, 6.45) is 3.52. The molecule has 2 aliphatic rings. The molecule has 0 saturated carbocycles. The number of Topliss-reactive ketones (excluding diaryl/α,β-unsaturated/α-hetero) is 1.